The maximum absolute atomic E-state index is 13.4. The molecule has 0 radical (unpaired) electrons. The largest absolute Gasteiger partial charge is 0.386 e. The van der Waals surface area contributed by atoms with E-state index in [-0.39, 0.29) is 12.0 Å². The standard InChI is InChI=1S/C12H11F2NOS/c1-7-15-11(6-17-7)12(16)5-8-4-9(13)2-3-10(8)14/h2-4,6,12,16H,5H2,1H3. The van der Waals surface area contributed by atoms with Gasteiger partial charge in [0.2, 0.25) is 0 Å². The van der Waals surface area contributed by atoms with E-state index in [9.17, 15) is 13.9 Å². The summed E-state index contributed by atoms with van der Waals surface area (Å²) in [5.74, 6) is -1.03. The number of hydrogen-bond donors (Lipinski definition) is 1. The Hall–Kier alpha value is -1.33. The SMILES string of the molecule is Cc1nc(C(O)Cc2cc(F)ccc2F)cs1. The lowest BCUT2D eigenvalue weighted by Gasteiger charge is -2.08. The average molecular weight is 255 g/mol. The van der Waals surface area contributed by atoms with Crippen LogP contribution in [0.25, 0.3) is 0 Å². The highest BCUT2D eigenvalue weighted by molar-refractivity contribution is 7.09. The molecule has 0 aliphatic heterocycles. The first kappa shape index (κ1) is 12.1. The molecule has 1 aromatic carbocycles. The molecule has 0 aliphatic rings. The Morgan fingerprint density at radius 2 is 2.18 bits per heavy atom. The van der Waals surface area contributed by atoms with E-state index in [1.54, 1.807) is 5.38 Å². The lowest BCUT2D eigenvalue weighted by molar-refractivity contribution is 0.173. The van der Waals surface area contributed by atoms with Crippen LogP contribution in [-0.2, 0) is 6.42 Å². The molecule has 2 nitrogen and oxygen atoms in total. The zero-order chi connectivity index (χ0) is 12.4. The number of aliphatic hydroxyl groups excluding tert-OH is 1. The van der Waals surface area contributed by atoms with Crippen molar-refractivity contribution < 1.29 is 13.9 Å². The summed E-state index contributed by atoms with van der Waals surface area (Å²) in [6.07, 6.45) is -0.886. The fraction of sp³-hybridized carbons (Fsp3) is 0.250. The summed E-state index contributed by atoms with van der Waals surface area (Å²) in [5, 5.41) is 12.4. The van der Waals surface area contributed by atoms with E-state index in [1.807, 2.05) is 6.92 Å². The first-order valence-electron chi connectivity index (χ1n) is 5.10. The van der Waals surface area contributed by atoms with Crippen LogP contribution in [0.5, 0.6) is 0 Å². The van der Waals surface area contributed by atoms with Crippen molar-refractivity contribution in [2.45, 2.75) is 19.4 Å². The van der Waals surface area contributed by atoms with Crippen LogP contribution in [-0.4, -0.2) is 10.1 Å². The van der Waals surface area contributed by atoms with Gasteiger partial charge >= 0.3 is 0 Å². The molecule has 1 aromatic heterocycles. The molecule has 0 fully saturated rings. The quantitative estimate of drug-likeness (QED) is 0.914. The second-order valence-electron chi connectivity index (χ2n) is 3.75. The first-order chi connectivity index (χ1) is 8.06. The zero-order valence-electron chi connectivity index (χ0n) is 9.15. The topological polar surface area (TPSA) is 33.1 Å². The highest BCUT2D eigenvalue weighted by atomic mass is 32.1. The van der Waals surface area contributed by atoms with E-state index < -0.39 is 17.7 Å². The number of aromatic nitrogens is 1. The van der Waals surface area contributed by atoms with Gasteiger partial charge in [0, 0.05) is 11.8 Å². The summed E-state index contributed by atoms with van der Waals surface area (Å²) < 4.78 is 26.3. The van der Waals surface area contributed by atoms with Gasteiger partial charge in [-0.1, -0.05) is 0 Å². The van der Waals surface area contributed by atoms with Gasteiger partial charge in [0.05, 0.1) is 10.7 Å². The Morgan fingerprint density at radius 1 is 1.41 bits per heavy atom. The molecule has 0 aliphatic carbocycles. The number of halogens is 2. The van der Waals surface area contributed by atoms with E-state index in [4.69, 9.17) is 0 Å². The maximum atomic E-state index is 13.4. The fourth-order valence-corrected chi connectivity index (χ4v) is 2.21. The second kappa shape index (κ2) is 4.89. The van der Waals surface area contributed by atoms with Gasteiger partial charge in [-0.3, -0.25) is 0 Å². The van der Waals surface area contributed by atoms with Gasteiger partial charge in [-0.15, -0.1) is 11.3 Å². The fourth-order valence-electron chi connectivity index (χ4n) is 1.55. The Morgan fingerprint density at radius 3 is 2.82 bits per heavy atom. The molecule has 17 heavy (non-hydrogen) atoms. The van der Waals surface area contributed by atoms with Crippen LogP contribution in [0.4, 0.5) is 8.78 Å². The van der Waals surface area contributed by atoms with Crippen molar-refractivity contribution in [3.05, 3.63) is 51.5 Å². The number of hydrogen-bond acceptors (Lipinski definition) is 3. The molecule has 5 heteroatoms. The number of nitrogens with zero attached hydrogens (tertiary/aromatic N) is 1. The van der Waals surface area contributed by atoms with E-state index >= 15 is 0 Å². The Kier molecular flexibility index (Phi) is 3.49. The van der Waals surface area contributed by atoms with Gasteiger partial charge in [0.25, 0.3) is 0 Å². The van der Waals surface area contributed by atoms with Crippen molar-refractivity contribution >= 4 is 11.3 Å². The normalized spacial score (nSPS) is 12.7. The number of thiazole rings is 1. The van der Waals surface area contributed by atoms with Gasteiger partial charge in [-0.25, -0.2) is 13.8 Å². The van der Waals surface area contributed by atoms with Crippen molar-refractivity contribution in [1.29, 1.82) is 0 Å². The molecule has 90 valence electrons. The highest BCUT2D eigenvalue weighted by Gasteiger charge is 2.14. The summed E-state index contributed by atoms with van der Waals surface area (Å²) in [6, 6.07) is 3.21. The zero-order valence-corrected chi connectivity index (χ0v) is 9.97. The summed E-state index contributed by atoms with van der Waals surface area (Å²) in [5.41, 5.74) is 0.652. The van der Waals surface area contributed by atoms with Crippen LogP contribution in [0.1, 0.15) is 22.4 Å². The highest BCUT2D eigenvalue weighted by Crippen LogP contribution is 2.22. The van der Waals surface area contributed by atoms with Crippen LogP contribution in [0.15, 0.2) is 23.6 Å². The Bertz CT molecular complexity index is 527. The van der Waals surface area contributed by atoms with Gasteiger partial charge in [0.15, 0.2) is 0 Å². The molecule has 0 amide bonds. The predicted molar refractivity (Wildman–Crippen MR) is 61.9 cm³/mol. The van der Waals surface area contributed by atoms with Crippen molar-refractivity contribution in [2.24, 2.45) is 0 Å². The molecule has 2 rings (SSSR count). The maximum Gasteiger partial charge on any atom is 0.126 e. The number of benzene rings is 1. The summed E-state index contributed by atoms with van der Waals surface area (Å²) in [6.45, 7) is 1.82. The van der Waals surface area contributed by atoms with Crippen LogP contribution in [0.2, 0.25) is 0 Å². The number of aryl methyl sites for hydroxylation is 1. The third-order valence-corrected chi connectivity index (χ3v) is 3.19. The van der Waals surface area contributed by atoms with E-state index in [1.165, 1.54) is 11.3 Å². The van der Waals surface area contributed by atoms with Crippen LogP contribution in [0.3, 0.4) is 0 Å². The molecule has 0 bridgehead atoms. The molecule has 0 saturated heterocycles. The van der Waals surface area contributed by atoms with Gasteiger partial charge in [0.1, 0.15) is 17.7 Å². The van der Waals surface area contributed by atoms with Crippen LogP contribution in [0, 0.1) is 18.6 Å². The molecule has 0 spiro atoms. The summed E-state index contributed by atoms with van der Waals surface area (Å²) in [4.78, 5) is 4.11. The Balaban J connectivity index is 2.18. The van der Waals surface area contributed by atoms with Gasteiger partial charge < -0.3 is 5.11 Å². The minimum Gasteiger partial charge on any atom is -0.386 e. The van der Waals surface area contributed by atoms with Gasteiger partial charge in [-0.2, -0.15) is 0 Å². The van der Waals surface area contributed by atoms with Crippen LogP contribution < -0.4 is 0 Å². The molecule has 1 unspecified atom stereocenters. The van der Waals surface area contributed by atoms with E-state index in [0.29, 0.717) is 5.69 Å². The number of rotatable bonds is 3. The molecule has 0 saturated carbocycles. The molecule has 1 heterocycles. The average Bonchev–Trinajstić information content (AvgIpc) is 2.70. The summed E-state index contributed by atoms with van der Waals surface area (Å²) >= 11 is 1.41. The summed E-state index contributed by atoms with van der Waals surface area (Å²) in [7, 11) is 0. The first-order valence-corrected chi connectivity index (χ1v) is 5.98. The molecule has 1 N–H and O–H groups in total. The second-order valence-corrected chi connectivity index (χ2v) is 4.81. The minimum atomic E-state index is -0.906. The van der Waals surface area contributed by atoms with Crippen molar-refractivity contribution in [3.63, 3.8) is 0 Å². The molecular formula is C12H11F2NOS. The Labute approximate surface area is 102 Å². The minimum absolute atomic E-state index is 0.0206. The third kappa shape index (κ3) is 2.87. The molecular weight excluding hydrogens is 244 g/mol. The van der Waals surface area contributed by atoms with Crippen molar-refractivity contribution in [2.75, 3.05) is 0 Å². The van der Waals surface area contributed by atoms with E-state index in [2.05, 4.69) is 4.98 Å². The van der Waals surface area contributed by atoms with E-state index in [0.717, 1.165) is 23.2 Å². The lowest BCUT2D eigenvalue weighted by atomic mass is 10.1. The van der Waals surface area contributed by atoms with Crippen molar-refractivity contribution in [3.8, 4) is 0 Å². The lowest BCUT2D eigenvalue weighted by Crippen LogP contribution is -2.04. The molecule has 2 aromatic rings. The number of aliphatic hydroxyl groups is 1. The van der Waals surface area contributed by atoms with Crippen LogP contribution >= 0.6 is 11.3 Å². The predicted octanol–water partition coefficient (Wildman–Crippen LogP) is 3.01. The molecule has 1 atom stereocenters. The van der Waals surface area contributed by atoms with Crippen molar-refractivity contribution in [1.82, 2.24) is 4.98 Å². The smallest absolute Gasteiger partial charge is 0.126 e. The third-order valence-electron chi connectivity index (χ3n) is 2.40. The monoisotopic (exact) mass is 255 g/mol. The van der Waals surface area contributed by atoms with Gasteiger partial charge in [-0.05, 0) is 30.7 Å².